The number of fused-ring (bicyclic) bond motifs is 1. The Bertz CT molecular complexity index is 1080. The van der Waals surface area contributed by atoms with E-state index in [0.29, 0.717) is 36.8 Å². The number of allylic oxidation sites excluding steroid dienone is 2. The molecule has 1 N–H and O–H groups in total. The van der Waals surface area contributed by atoms with Crippen LogP contribution in [0.25, 0.3) is 0 Å². The molecule has 1 fully saturated rings. The molecule has 230 valence electrons. The summed E-state index contributed by atoms with van der Waals surface area (Å²) in [5.41, 5.74) is 0.593. The smallest absolute Gasteiger partial charge is 0.308 e. The number of unbranched alkanes of at least 4 members (excludes halogenated alkanes) is 1. The number of carbonyl (C=O) groups excluding carboxylic acids is 1. The third kappa shape index (κ3) is 8.61. The van der Waals surface area contributed by atoms with Crippen molar-refractivity contribution in [2.45, 2.75) is 65.3 Å². The lowest BCUT2D eigenvalue weighted by molar-refractivity contribution is -0.870. The van der Waals surface area contributed by atoms with Gasteiger partial charge in [-0.25, -0.2) is 0 Å². The van der Waals surface area contributed by atoms with Gasteiger partial charge in [0.05, 0.1) is 47.3 Å². The van der Waals surface area contributed by atoms with Crippen LogP contribution in [0.4, 0.5) is 0 Å². The lowest BCUT2D eigenvalue weighted by Crippen LogP contribution is -2.46. The summed E-state index contributed by atoms with van der Waals surface area (Å²) in [4.78, 5) is 30.9. The van der Waals surface area contributed by atoms with E-state index in [4.69, 9.17) is 14.2 Å². The van der Waals surface area contributed by atoms with Crippen molar-refractivity contribution in [3.8, 4) is 17.2 Å². The molecule has 3 rings (SSSR count). The van der Waals surface area contributed by atoms with Gasteiger partial charge in [0.2, 0.25) is 18.4 Å². The Labute approximate surface area is 246 Å². The van der Waals surface area contributed by atoms with Gasteiger partial charge in [0.15, 0.2) is 11.5 Å². The van der Waals surface area contributed by atoms with E-state index in [1.807, 2.05) is 30.0 Å². The summed E-state index contributed by atoms with van der Waals surface area (Å²) in [6.45, 7) is 11.5. The van der Waals surface area contributed by atoms with Gasteiger partial charge in [-0.3, -0.25) is 14.5 Å². The Kier molecular flexibility index (Phi) is 11.1. The highest BCUT2D eigenvalue weighted by molar-refractivity contribution is 5.79. The van der Waals surface area contributed by atoms with Crippen LogP contribution < -0.4 is 14.2 Å². The molecule has 0 aromatic heterocycles. The molecule has 2 aliphatic heterocycles. The molecule has 1 aromatic carbocycles. The summed E-state index contributed by atoms with van der Waals surface area (Å²) in [5.74, 6) is -0.180. The summed E-state index contributed by atoms with van der Waals surface area (Å²) in [6.07, 6.45) is 7.65. The second kappa shape index (κ2) is 13.9. The van der Waals surface area contributed by atoms with Gasteiger partial charge in [-0.2, -0.15) is 0 Å². The molecule has 2 aliphatic rings. The summed E-state index contributed by atoms with van der Waals surface area (Å²) in [6, 6.07) is 3.43. The van der Waals surface area contributed by atoms with Gasteiger partial charge in [0, 0.05) is 38.0 Å². The molecule has 0 saturated carbocycles. The van der Waals surface area contributed by atoms with Crippen LogP contribution in [0, 0.1) is 11.3 Å². The first kappa shape index (κ1) is 32.7. The lowest BCUT2D eigenvalue weighted by Gasteiger charge is -2.34. The predicted molar refractivity (Wildman–Crippen MR) is 161 cm³/mol. The number of methoxy groups -OCH3 is 1. The highest BCUT2D eigenvalue weighted by Gasteiger charge is 2.49. The topological polar surface area (TPSA) is 88.5 Å². The molecular formula is C32H52N3O6+. The highest BCUT2D eigenvalue weighted by Crippen LogP contribution is 2.48. The number of carboxylic acid groups (broad SMARTS) is 1. The first-order chi connectivity index (χ1) is 19.3. The van der Waals surface area contributed by atoms with Crippen LogP contribution in [0.5, 0.6) is 17.2 Å². The summed E-state index contributed by atoms with van der Waals surface area (Å²) < 4.78 is 17.7. The van der Waals surface area contributed by atoms with Crippen molar-refractivity contribution in [1.82, 2.24) is 9.80 Å². The van der Waals surface area contributed by atoms with Gasteiger partial charge in [-0.15, -0.1) is 0 Å². The maximum atomic E-state index is 13.8. The van der Waals surface area contributed by atoms with E-state index in [1.54, 1.807) is 7.11 Å². The van der Waals surface area contributed by atoms with Crippen LogP contribution in [-0.2, 0) is 9.59 Å². The number of likely N-dealkylation sites (tertiary alicyclic amines) is 1. The van der Waals surface area contributed by atoms with E-state index in [9.17, 15) is 14.7 Å². The predicted octanol–water partition coefficient (Wildman–Crippen LogP) is 4.61. The molecule has 9 heteroatoms. The quantitative estimate of drug-likeness (QED) is 0.242. The SMILES string of the molecule is C/C=C/C(C)(C)C[C@H]1[C@H](C(=O)O)[C@@H](c2cc(OC)c3c(c2)OCO3)CN1CC(=O)N(CCCC)CCC[N+](C)(C)C. The second-order valence-corrected chi connectivity index (χ2v) is 13.2. The van der Waals surface area contributed by atoms with E-state index in [-0.39, 0.29) is 36.6 Å². The molecular weight excluding hydrogens is 522 g/mol. The lowest BCUT2D eigenvalue weighted by atomic mass is 9.77. The Morgan fingerprint density at radius 2 is 1.90 bits per heavy atom. The average molecular weight is 575 g/mol. The number of rotatable bonds is 15. The van der Waals surface area contributed by atoms with Crippen LogP contribution in [0.1, 0.15) is 64.9 Å². The molecule has 0 unspecified atom stereocenters. The van der Waals surface area contributed by atoms with Gasteiger partial charge in [-0.05, 0) is 42.9 Å². The first-order valence-electron chi connectivity index (χ1n) is 15.0. The number of quaternary nitrogens is 1. The summed E-state index contributed by atoms with van der Waals surface area (Å²) in [7, 11) is 8.06. The van der Waals surface area contributed by atoms with E-state index < -0.39 is 11.9 Å². The fourth-order valence-electron chi connectivity index (χ4n) is 6.23. The van der Waals surface area contributed by atoms with Crippen molar-refractivity contribution in [3.05, 3.63) is 29.8 Å². The first-order valence-corrected chi connectivity index (χ1v) is 15.0. The normalized spacial score (nSPS) is 21.0. The van der Waals surface area contributed by atoms with Crippen molar-refractivity contribution in [1.29, 1.82) is 0 Å². The minimum absolute atomic E-state index is 0.0711. The number of hydrogen-bond donors (Lipinski definition) is 1. The van der Waals surface area contributed by atoms with Crippen molar-refractivity contribution < 1.29 is 33.4 Å². The molecule has 1 aromatic rings. The maximum absolute atomic E-state index is 13.8. The summed E-state index contributed by atoms with van der Waals surface area (Å²) in [5, 5.41) is 10.6. The van der Waals surface area contributed by atoms with E-state index in [0.717, 1.165) is 42.4 Å². The molecule has 0 radical (unpaired) electrons. The molecule has 0 spiro atoms. The number of aliphatic carboxylic acids is 1. The van der Waals surface area contributed by atoms with Crippen molar-refractivity contribution in [2.24, 2.45) is 11.3 Å². The number of amides is 1. The number of carboxylic acids is 1. The number of hydrogen-bond acceptors (Lipinski definition) is 6. The van der Waals surface area contributed by atoms with Crippen LogP contribution >= 0.6 is 0 Å². The molecule has 3 atom stereocenters. The Morgan fingerprint density at radius 3 is 2.51 bits per heavy atom. The van der Waals surface area contributed by atoms with Gasteiger partial charge >= 0.3 is 5.97 Å². The van der Waals surface area contributed by atoms with E-state index in [2.05, 4.69) is 52.9 Å². The molecule has 1 saturated heterocycles. The zero-order valence-corrected chi connectivity index (χ0v) is 26.4. The second-order valence-electron chi connectivity index (χ2n) is 13.2. The fourth-order valence-corrected chi connectivity index (χ4v) is 6.23. The van der Waals surface area contributed by atoms with Gasteiger partial charge in [0.1, 0.15) is 0 Å². The molecule has 0 bridgehead atoms. The Balaban J connectivity index is 1.94. The highest BCUT2D eigenvalue weighted by atomic mass is 16.7. The standard InChI is InChI=1S/C32H51N3O6/c1-9-11-14-33(15-12-16-35(5,6)7)28(36)21-34-20-24(23-17-26(39-8)30-27(18-23)40-22-41-30)29(31(37)38)25(34)19-32(3,4)13-10-2/h10,13,17-18,24-25,29H,9,11-12,14-16,19-22H2,1-8H3/p+1/b13-10+/t24-,25+,29-/m1/s1. The minimum atomic E-state index is -0.853. The number of ether oxygens (including phenoxy) is 3. The Hall–Kier alpha value is -2.78. The Morgan fingerprint density at radius 1 is 1.20 bits per heavy atom. The monoisotopic (exact) mass is 574 g/mol. The van der Waals surface area contributed by atoms with Crippen LogP contribution in [0.2, 0.25) is 0 Å². The van der Waals surface area contributed by atoms with Crippen LogP contribution in [-0.4, -0.2) is 105 Å². The van der Waals surface area contributed by atoms with Crippen molar-refractivity contribution >= 4 is 11.9 Å². The third-order valence-electron chi connectivity index (χ3n) is 8.22. The van der Waals surface area contributed by atoms with Gasteiger partial charge in [-0.1, -0.05) is 39.3 Å². The van der Waals surface area contributed by atoms with Crippen molar-refractivity contribution in [3.63, 3.8) is 0 Å². The van der Waals surface area contributed by atoms with Gasteiger partial charge < -0.3 is 28.7 Å². The summed E-state index contributed by atoms with van der Waals surface area (Å²) >= 11 is 0. The molecule has 0 aliphatic carbocycles. The number of nitrogens with zero attached hydrogens (tertiary/aromatic N) is 3. The zero-order valence-electron chi connectivity index (χ0n) is 26.4. The molecule has 9 nitrogen and oxygen atoms in total. The van der Waals surface area contributed by atoms with Crippen LogP contribution in [0.3, 0.4) is 0 Å². The maximum Gasteiger partial charge on any atom is 0.308 e. The third-order valence-corrected chi connectivity index (χ3v) is 8.22. The molecule has 41 heavy (non-hydrogen) atoms. The van der Waals surface area contributed by atoms with E-state index in [1.165, 1.54) is 0 Å². The number of carbonyl (C=O) groups is 2. The zero-order chi connectivity index (χ0) is 30.4. The minimum Gasteiger partial charge on any atom is -0.493 e. The molecule has 1 amide bonds. The van der Waals surface area contributed by atoms with Gasteiger partial charge in [0.25, 0.3) is 0 Å². The molecule has 2 heterocycles. The fraction of sp³-hybridized carbons (Fsp3) is 0.688. The average Bonchev–Trinajstić information content (AvgIpc) is 3.49. The largest absolute Gasteiger partial charge is 0.493 e. The van der Waals surface area contributed by atoms with Crippen molar-refractivity contribution in [2.75, 3.05) is 67.8 Å². The number of benzene rings is 1. The van der Waals surface area contributed by atoms with Crippen LogP contribution in [0.15, 0.2) is 24.3 Å². The van der Waals surface area contributed by atoms with E-state index >= 15 is 0 Å².